The summed E-state index contributed by atoms with van der Waals surface area (Å²) >= 11 is 10.7. The van der Waals surface area contributed by atoms with Crippen LogP contribution in [0.25, 0.3) is 10.2 Å². The number of fused-ring (bicyclic) bond motifs is 1. The summed E-state index contributed by atoms with van der Waals surface area (Å²) in [6, 6.07) is 11.7. The van der Waals surface area contributed by atoms with Gasteiger partial charge in [0.25, 0.3) is 0 Å². The zero-order valence-corrected chi connectivity index (χ0v) is 21.7. The second-order valence-electron chi connectivity index (χ2n) is 6.98. The molecule has 0 fully saturated rings. The van der Waals surface area contributed by atoms with Crippen molar-refractivity contribution in [3.05, 3.63) is 52.0 Å². The number of sulfone groups is 1. The number of hydrogen-bond donors (Lipinski definition) is 0. The molecule has 0 unspecified atom stereocenters. The number of aromatic nitrogens is 1. The number of hydrogen-bond acceptors (Lipinski definition) is 6. The number of benzene rings is 2. The second kappa shape index (κ2) is 11.1. The molecule has 0 saturated carbocycles. The summed E-state index contributed by atoms with van der Waals surface area (Å²) in [5.74, 6) is -0.546. The first kappa shape index (κ1) is 26.0. The van der Waals surface area contributed by atoms with E-state index in [2.05, 4.69) is 20.9 Å². The van der Waals surface area contributed by atoms with Crippen molar-refractivity contribution in [1.82, 2.24) is 9.88 Å². The van der Waals surface area contributed by atoms with E-state index in [0.29, 0.717) is 23.2 Å². The zero-order valence-electron chi connectivity index (χ0n) is 16.9. The van der Waals surface area contributed by atoms with Gasteiger partial charge in [-0.1, -0.05) is 38.9 Å². The van der Waals surface area contributed by atoms with Gasteiger partial charge >= 0.3 is 0 Å². The molecule has 168 valence electrons. The molecule has 1 aromatic heterocycles. The summed E-state index contributed by atoms with van der Waals surface area (Å²) in [5, 5.41) is 1.03. The predicted octanol–water partition coefficient (Wildman–Crippen LogP) is 4.89. The van der Waals surface area contributed by atoms with E-state index < -0.39 is 9.84 Å². The van der Waals surface area contributed by atoms with Crippen LogP contribution in [-0.2, 0) is 14.6 Å². The summed E-state index contributed by atoms with van der Waals surface area (Å²) in [7, 11) is 0.250. The molecule has 0 spiro atoms. The molecule has 1 amide bonds. The van der Waals surface area contributed by atoms with Crippen molar-refractivity contribution < 1.29 is 13.2 Å². The minimum atomic E-state index is -3.59. The van der Waals surface area contributed by atoms with Crippen molar-refractivity contribution in [2.24, 2.45) is 0 Å². The number of likely N-dealkylation sites (N-methyl/N-ethyl adjacent to an activating group) is 1. The van der Waals surface area contributed by atoms with E-state index >= 15 is 0 Å². The van der Waals surface area contributed by atoms with Gasteiger partial charge in [0.1, 0.15) is 0 Å². The summed E-state index contributed by atoms with van der Waals surface area (Å²) in [6.45, 7) is 1.06. The van der Waals surface area contributed by atoms with Crippen LogP contribution in [0.1, 0.15) is 6.42 Å². The van der Waals surface area contributed by atoms with Crippen molar-refractivity contribution >= 4 is 82.4 Å². The first-order valence-corrected chi connectivity index (χ1v) is 12.8. The smallest absolute Gasteiger partial charge is 0.229 e. The molecule has 3 rings (SSSR count). The first-order chi connectivity index (χ1) is 14.2. The molecule has 0 bridgehead atoms. The quantitative estimate of drug-likeness (QED) is 0.388. The van der Waals surface area contributed by atoms with Crippen LogP contribution in [0.5, 0.6) is 0 Å². The molecule has 0 atom stereocenters. The molecule has 0 saturated heterocycles. The van der Waals surface area contributed by atoms with Gasteiger partial charge in [-0.05, 0) is 56.6 Å². The Morgan fingerprint density at radius 1 is 1.13 bits per heavy atom. The lowest BCUT2D eigenvalue weighted by atomic mass is 10.3. The topological polar surface area (TPSA) is 70.6 Å². The highest BCUT2D eigenvalue weighted by atomic mass is 79.9. The Labute approximate surface area is 205 Å². The van der Waals surface area contributed by atoms with E-state index in [-0.39, 0.29) is 35.4 Å². The Kier molecular flexibility index (Phi) is 9.29. The molecule has 0 aliphatic rings. The van der Waals surface area contributed by atoms with Crippen molar-refractivity contribution in [2.45, 2.75) is 11.3 Å². The zero-order chi connectivity index (χ0) is 21.9. The van der Waals surface area contributed by atoms with E-state index in [1.54, 1.807) is 4.90 Å². The molecule has 3 aromatic rings. The molecule has 0 aliphatic carbocycles. The van der Waals surface area contributed by atoms with Crippen LogP contribution in [0, 0.1) is 0 Å². The molecule has 0 N–H and O–H groups in total. The third-order valence-electron chi connectivity index (χ3n) is 4.40. The Hall–Kier alpha value is -1.23. The van der Waals surface area contributed by atoms with Crippen LogP contribution in [0.2, 0.25) is 5.02 Å². The molecular weight excluding hydrogens is 545 g/mol. The van der Waals surface area contributed by atoms with E-state index in [0.717, 1.165) is 14.7 Å². The van der Waals surface area contributed by atoms with Gasteiger partial charge in [0.15, 0.2) is 15.0 Å². The van der Waals surface area contributed by atoms with Gasteiger partial charge in [0, 0.05) is 29.0 Å². The van der Waals surface area contributed by atoms with Crippen molar-refractivity contribution in [1.29, 1.82) is 0 Å². The Morgan fingerprint density at radius 3 is 2.45 bits per heavy atom. The monoisotopic (exact) mass is 565 g/mol. The maximum absolute atomic E-state index is 13.0. The SMILES string of the molecule is CN(C)CCN(C(=O)CCS(=O)(=O)c1ccc(Cl)cc1)c1nc2ccc(Br)cc2s1.Cl. The Balaban J connectivity index is 0.00000341. The first-order valence-electron chi connectivity index (χ1n) is 9.15. The third kappa shape index (κ3) is 6.87. The molecule has 0 aliphatic heterocycles. The minimum absolute atomic E-state index is 0. The fraction of sp³-hybridized carbons (Fsp3) is 0.300. The van der Waals surface area contributed by atoms with Crippen LogP contribution >= 0.6 is 51.3 Å². The van der Waals surface area contributed by atoms with Gasteiger partial charge in [0.2, 0.25) is 5.91 Å². The maximum atomic E-state index is 13.0. The van der Waals surface area contributed by atoms with Gasteiger partial charge in [-0.3, -0.25) is 9.69 Å². The lowest BCUT2D eigenvalue weighted by molar-refractivity contribution is -0.118. The highest BCUT2D eigenvalue weighted by Gasteiger charge is 2.23. The lowest BCUT2D eigenvalue weighted by Crippen LogP contribution is -2.37. The molecule has 0 radical (unpaired) electrons. The van der Waals surface area contributed by atoms with Gasteiger partial charge in [-0.2, -0.15) is 0 Å². The van der Waals surface area contributed by atoms with E-state index in [1.165, 1.54) is 35.6 Å². The molecule has 11 heteroatoms. The van der Waals surface area contributed by atoms with E-state index in [9.17, 15) is 13.2 Å². The molecule has 6 nitrogen and oxygen atoms in total. The van der Waals surface area contributed by atoms with Crippen molar-refractivity contribution in [3.63, 3.8) is 0 Å². The maximum Gasteiger partial charge on any atom is 0.229 e. The fourth-order valence-electron chi connectivity index (χ4n) is 2.75. The normalized spacial score (nSPS) is 11.5. The number of halogens is 3. The fourth-order valence-corrected chi connectivity index (χ4v) is 5.66. The number of rotatable bonds is 8. The van der Waals surface area contributed by atoms with E-state index in [4.69, 9.17) is 11.6 Å². The number of anilines is 1. The highest BCUT2D eigenvalue weighted by molar-refractivity contribution is 9.10. The standard InChI is InChI=1S/C20H21BrClN3O3S2.ClH/c1-24(2)10-11-25(20-23-17-8-3-14(21)13-18(17)29-20)19(26)9-12-30(27,28)16-6-4-15(22)5-7-16;/h3-8,13H,9-12H2,1-2H3;1H. The summed E-state index contributed by atoms with van der Waals surface area (Å²) in [4.78, 5) is 21.3. The molecule has 31 heavy (non-hydrogen) atoms. The van der Waals surface area contributed by atoms with Gasteiger partial charge in [0.05, 0.1) is 20.9 Å². The van der Waals surface area contributed by atoms with Gasteiger partial charge < -0.3 is 4.90 Å². The van der Waals surface area contributed by atoms with Gasteiger partial charge in [-0.15, -0.1) is 12.4 Å². The molecular formula is C20H22BrCl2N3O3S2. The predicted molar refractivity (Wildman–Crippen MR) is 134 cm³/mol. The summed E-state index contributed by atoms with van der Waals surface area (Å²) in [6.07, 6.45) is -0.127. The third-order valence-corrected chi connectivity index (χ3v) is 7.92. The second-order valence-corrected chi connectivity index (χ2v) is 11.5. The minimum Gasteiger partial charge on any atom is -0.308 e. The highest BCUT2D eigenvalue weighted by Crippen LogP contribution is 2.31. The number of thiazole rings is 1. The average Bonchev–Trinajstić information content (AvgIpc) is 3.09. The number of carbonyl (C=O) groups is 1. The lowest BCUT2D eigenvalue weighted by Gasteiger charge is -2.22. The summed E-state index contributed by atoms with van der Waals surface area (Å²) < 4.78 is 27.1. The van der Waals surface area contributed by atoms with Crippen LogP contribution in [0.3, 0.4) is 0 Å². The number of carbonyl (C=O) groups excluding carboxylic acids is 1. The van der Waals surface area contributed by atoms with E-state index in [1.807, 2.05) is 37.2 Å². The average molecular weight is 567 g/mol. The van der Waals surface area contributed by atoms with Crippen LogP contribution < -0.4 is 4.90 Å². The van der Waals surface area contributed by atoms with Crippen molar-refractivity contribution in [2.75, 3.05) is 37.8 Å². The largest absolute Gasteiger partial charge is 0.308 e. The van der Waals surface area contributed by atoms with Crippen LogP contribution in [0.4, 0.5) is 5.13 Å². The molecule has 2 aromatic carbocycles. The van der Waals surface area contributed by atoms with Crippen LogP contribution in [-0.4, -0.2) is 57.1 Å². The number of nitrogens with zero attached hydrogens (tertiary/aromatic N) is 3. The number of amides is 1. The van der Waals surface area contributed by atoms with Gasteiger partial charge in [-0.25, -0.2) is 13.4 Å². The van der Waals surface area contributed by atoms with Crippen molar-refractivity contribution in [3.8, 4) is 0 Å². The molecule has 1 heterocycles. The Morgan fingerprint density at radius 2 is 1.81 bits per heavy atom. The summed E-state index contributed by atoms with van der Waals surface area (Å²) in [5.41, 5.74) is 0.801. The van der Waals surface area contributed by atoms with Crippen LogP contribution in [0.15, 0.2) is 51.8 Å². The Bertz CT molecular complexity index is 1150.